The molecule has 0 amide bonds. The van der Waals surface area contributed by atoms with Gasteiger partial charge in [-0.1, -0.05) is 32.6 Å². The first-order chi connectivity index (χ1) is 9.63. The molecule has 0 spiro atoms. The molecule has 112 valence electrons. The molecule has 0 fully saturated rings. The van der Waals surface area contributed by atoms with Gasteiger partial charge in [0.15, 0.2) is 5.78 Å². The Bertz CT molecular complexity index is 411. The van der Waals surface area contributed by atoms with Crippen LogP contribution in [0.25, 0.3) is 0 Å². The molecular formula is C16H24O4. The number of aliphatic hydroxyl groups excluding tert-OH is 2. The molecule has 2 aliphatic rings. The second-order valence-corrected chi connectivity index (χ2v) is 5.62. The lowest BCUT2D eigenvalue weighted by atomic mass is 9.90. The summed E-state index contributed by atoms with van der Waals surface area (Å²) < 4.78 is 5.70. The first-order valence-corrected chi connectivity index (χ1v) is 7.61. The van der Waals surface area contributed by atoms with Crippen LogP contribution in [0.3, 0.4) is 0 Å². The molecule has 0 aromatic carbocycles. The molecule has 1 heterocycles. The van der Waals surface area contributed by atoms with Crippen LogP contribution in [0.2, 0.25) is 0 Å². The lowest BCUT2D eigenvalue weighted by Gasteiger charge is -2.33. The van der Waals surface area contributed by atoms with Gasteiger partial charge in [0.2, 0.25) is 0 Å². The molecule has 4 heteroatoms. The number of hydrogen-bond acceptors (Lipinski definition) is 4. The van der Waals surface area contributed by atoms with Crippen LogP contribution in [-0.4, -0.2) is 34.3 Å². The topological polar surface area (TPSA) is 66.8 Å². The van der Waals surface area contributed by atoms with E-state index in [1.165, 1.54) is 25.0 Å². The fraction of sp³-hybridized carbons (Fsp3) is 0.688. The van der Waals surface area contributed by atoms with Crippen LogP contribution < -0.4 is 0 Å². The number of ether oxygens (including phenoxy) is 1. The van der Waals surface area contributed by atoms with E-state index in [1.54, 1.807) is 0 Å². The van der Waals surface area contributed by atoms with Gasteiger partial charge in [-0.15, -0.1) is 0 Å². The van der Waals surface area contributed by atoms with Crippen LogP contribution in [0.5, 0.6) is 0 Å². The van der Waals surface area contributed by atoms with Crippen molar-refractivity contribution in [2.24, 2.45) is 0 Å². The summed E-state index contributed by atoms with van der Waals surface area (Å²) in [4.78, 5) is 11.7. The first-order valence-electron chi connectivity index (χ1n) is 7.61. The minimum absolute atomic E-state index is 0.0822. The third-order valence-electron chi connectivity index (χ3n) is 4.03. The molecule has 4 nitrogen and oxygen atoms in total. The average Bonchev–Trinajstić information content (AvgIpc) is 2.47. The highest BCUT2D eigenvalue weighted by Gasteiger charge is 2.33. The van der Waals surface area contributed by atoms with E-state index < -0.39 is 12.2 Å². The van der Waals surface area contributed by atoms with Crippen LogP contribution in [0.15, 0.2) is 23.5 Å². The molecule has 0 aromatic rings. The van der Waals surface area contributed by atoms with Crippen molar-refractivity contribution in [2.45, 2.75) is 70.2 Å². The highest BCUT2D eigenvalue weighted by molar-refractivity contribution is 6.05. The molecule has 2 rings (SSSR count). The zero-order valence-corrected chi connectivity index (χ0v) is 12.0. The number of allylic oxidation sites excluding steroid dienone is 2. The van der Waals surface area contributed by atoms with Gasteiger partial charge in [0.05, 0.1) is 6.10 Å². The fourth-order valence-electron chi connectivity index (χ4n) is 2.80. The number of carbonyl (C=O) groups is 1. The van der Waals surface area contributed by atoms with Crippen LogP contribution in [-0.2, 0) is 9.53 Å². The highest BCUT2D eigenvalue weighted by Crippen LogP contribution is 2.32. The van der Waals surface area contributed by atoms with Gasteiger partial charge < -0.3 is 14.9 Å². The maximum atomic E-state index is 11.7. The summed E-state index contributed by atoms with van der Waals surface area (Å²) in [6, 6.07) is 0. The Morgan fingerprint density at radius 3 is 2.95 bits per heavy atom. The SMILES string of the molecule is CCCCCC[C@H](O)[C@@H]1CCC2=C(O1)[C@H](O)C=CC2=O. The van der Waals surface area contributed by atoms with Gasteiger partial charge in [-0.3, -0.25) is 4.79 Å². The minimum atomic E-state index is -0.849. The summed E-state index contributed by atoms with van der Waals surface area (Å²) in [6.45, 7) is 2.16. The van der Waals surface area contributed by atoms with E-state index >= 15 is 0 Å². The Balaban J connectivity index is 1.89. The van der Waals surface area contributed by atoms with Gasteiger partial charge in [-0.25, -0.2) is 0 Å². The highest BCUT2D eigenvalue weighted by atomic mass is 16.5. The molecule has 0 unspecified atom stereocenters. The van der Waals surface area contributed by atoms with Gasteiger partial charge in [-0.05, 0) is 31.4 Å². The first kappa shape index (κ1) is 15.3. The van der Waals surface area contributed by atoms with E-state index in [2.05, 4.69) is 6.92 Å². The summed E-state index contributed by atoms with van der Waals surface area (Å²) in [7, 11) is 0. The van der Waals surface area contributed by atoms with Crippen LogP contribution in [0.4, 0.5) is 0 Å². The molecule has 0 radical (unpaired) electrons. The molecule has 1 aliphatic carbocycles. The second-order valence-electron chi connectivity index (χ2n) is 5.62. The summed E-state index contributed by atoms with van der Waals surface area (Å²) in [6.07, 6.45) is 7.57. The van der Waals surface area contributed by atoms with Crippen molar-refractivity contribution in [3.63, 3.8) is 0 Å². The normalized spacial score (nSPS) is 27.2. The number of rotatable bonds is 6. The van der Waals surface area contributed by atoms with E-state index in [0.717, 1.165) is 12.8 Å². The molecule has 20 heavy (non-hydrogen) atoms. The molecular weight excluding hydrogens is 256 g/mol. The Hall–Kier alpha value is -1.13. The number of aliphatic hydroxyl groups is 2. The summed E-state index contributed by atoms with van der Waals surface area (Å²) in [5.74, 6) is 0.266. The monoisotopic (exact) mass is 280 g/mol. The van der Waals surface area contributed by atoms with Crippen molar-refractivity contribution in [2.75, 3.05) is 0 Å². The van der Waals surface area contributed by atoms with E-state index in [1.807, 2.05) is 0 Å². The van der Waals surface area contributed by atoms with Gasteiger partial charge in [0, 0.05) is 5.57 Å². The van der Waals surface area contributed by atoms with Crippen LogP contribution >= 0.6 is 0 Å². The molecule has 2 N–H and O–H groups in total. The second kappa shape index (κ2) is 7.04. The third kappa shape index (κ3) is 3.49. The van der Waals surface area contributed by atoms with Gasteiger partial charge >= 0.3 is 0 Å². The van der Waals surface area contributed by atoms with Crippen molar-refractivity contribution < 1.29 is 19.7 Å². The number of unbranched alkanes of at least 4 members (excludes halogenated alkanes) is 3. The Labute approximate surface area is 120 Å². The van der Waals surface area contributed by atoms with E-state index in [0.29, 0.717) is 30.6 Å². The number of hydrogen-bond donors (Lipinski definition) is 2. The Morgan fingerprint density at radius 1 is 1.40 bits per heavy atom. The van der Waals surface area contributed by atoms with E-state index in [9.17, 15) is 15.0 Å². The molecule has 0 bridgehead atoms. The van der Waals surface area contributed by atoms with Gasteiger partial charge in [-0.2, -0.15) is 0 Å². The molecule has 3 atom stereocenters. The van der Waals surface area contributed by atoms with E-state index in [4.69, 9.17) is 4.74 Å². The minimum Gasteiger partial charge on any atom is -0.489 e. The largest absolute Gasteiger partial charge is 0.489 e. The Kier molecular flexibility index (Phi) is 5.38. The lowest BCUT2D eigenvalue weighted by molar-refractivity contribution is -0.113. The van der Waals surface area contributed by atoms with Crippen molar-refractivity contribution in [3.05, 3.63) is 23.5 Å². The maximum Gasteiger partial charge on any atom is 0.185 e. The number of carbonyl (C=O) groups excluding carboxylic acids is 1. The third-order valence-corrected chi connectivity index (χ3v) is 4.03. The van der Waals surface area contributed by atoms with Gasteiger partial charge in [0.25, 0.3) is 0 Å². The van der Waals surface area contributed by atoms with Crippen LogP contribution in [0.1, 0.15) is 51.9 Å². The number of ketones is 1. The predicted octanol–water partition coefficient (Wildman–Crippen LogP) is 2.25. The van der Waals surface area contributed by atoms with Crippen LogP contribution in [0, 0.1) is 0 Å². The molecule has 1 aliphatic heterocycles. The molecule has 0 saturated carbocycles. The molecule has 0 saturated heterocycles. The zero-order chi connectivity index (χ0) is 14.5. The Morgan fingerprint density at radius 2 is 2.20 bits per heavy atom. The maximum absolute atomic E-state index is 11.7. The van der Waals surface area contributed by atoms with Gasteiger partial charge in [0.1, 0.15) is 18.0 Å². The smallest absolute Gasteiger partial charge is 0.185 e. The molecule has 0 aromatic heterocycles. The van der Waals surface area contributed by atoms with Crippen molar-refractivity contribution >= 4 is 5.78 Å². The van der Waals surface area contributed by atoms with Crippen molar-refractivity contribution in [3.8, 4) is 0 Å². The predicted molar refractivity (Wildman–Crippen MR) is 76.1 cm³/mol. The van der Waals surface area contributed by atoms with Crippen molar-refractivity contribution in [1.29, 1.82) is 0 Å². The fourth-order valence-corrected chi connectivity index (χ4v) is 2.80. The lowest BCUT2D eigenvalue weighted by Crippen LogP contribution is -2.36. The van der Waals surface area contributed by atoms with Crippen molar-refractivity contribution in [1.82, 2.24) is 0 Å². The summed E-state index contributed by atoms with van der Waals surface area (Å²) in [5.41, 5.74) is 0.564. The average molecular weight is 280 g/mol. The zero-order valence-electron chi connectivity index (χ0n) is 12.0. The standard InChI is InChI=1S/C16H24O4/c1-2-3-4-5-6-13(18)15-10-7-11-12(17)8-9-14(19)16(11)20-15/h8-9,13-15,18-19H,2-7,10H2,1H3/t13-,14+,15-/m0/s1. The summed E-state index contributed by atoms with van der Waals surface area (Å²) >= 11 is 0. The van der Waals surface area contributed by atoms with E-state index in [-0.39, 0.29) is 11.9 Å². The summed E-state index contributed by atoms with van der Waals surface area (Å²) in [5, 5.41) is 20.0. The quantitative estimate of drug-likeness (QED) is 0.732.